The second kappa shape index (κ2) is 5.85. The van der Waals surface area contributed by atoms with Crippen LogP contribution in [0, 0.1) is 5.92 Å². The molecule has 2 unspecified atom stereocenters. The Kier molecular flexibility index (Phi) is 4.40. The van der Waals surface area contributed by atoms with Gasteiger partial charge < -0.3 is 5.73 Å². The summed E-state index contributed by atoms with van der Waals surface area (Å²) in [6.45, 7) is 3.32. The standard InChI is InChI=1S/C14H26N4/c1-4-13(15)14(12-8-16-18(3)10-12)17(2)9-11-6-5-7-11/h8,10-11,13-14H,4-7,9,15H2,1-3H3. The van der Waals surface area contributed by atoms with E-state index in [9.17, 15) is 0 Å². The third-order valence-electron chi connectivity index (χ3n) is 4.19. The van der Waals surface area contributed by atoms with Crippen LogP contribution >= 0.6 is 0 Å². The minimum Gasteiger partial charge on any atom is -0.326 e. The molecule has 1 aromatic rings. The number of aryl methyl sites for hydroxylation is 1. The molecule has 0 spiro atoms. The quantitative estimate of drug-likeness (QED) is 0.839. The molecule has 0 radical (unpaired) electrons. The zero-order valence-corrected chi connectivity index (χ0v) is 11.8. The van der Waals surface area contributed by atoms with Crippen LogP contribution in [0.3, 0.4) is 0 Å². The first-order valence-electron chi connectivity index (χ1n) is 7.06. The summed E-state index contributed by atoms with van der Waals surface area (Å²) in [5.41, 5.74) is 7.56. The van der Waals surface area contributed by atoms with Gasteiger partial charge in [-0.1, -0.05) is 13.3 Å². The molecule has 4 nitrogen and oxygen atoms in total. The van der Waals surface area contributed by atoms with Crippen LogP contribution in [0.25, 0.3) is 0 Å². The van der Waals surface area contributed by atoms with Crippen molar-refractivity contribution in [1.29, 1.82) is 0 Å². The number of hydrogen-bond acceptors (Lipinski definition) is 3. The van der Waals surface area contributed by atoms with E-state index in [-0.39, 0.29) is 6.04 Å². The highest BCUT2D eigenvalue weighted by molar-refractivity contribution is 5.13. The van der Waals surface area contributed by atoms with Crippen molar-refractivity contribution in [1.82, 2.24) is 14.7 Å². The smallest absolute Gasteiger partial charge is 0.0538 e. The van der Waals surface area contributed by atoms with E-state index in [0.717, 1.165) is 18.9 Å². The predicted molar refractivity (Wildman–Crippen MR) is 74.2 cm³/mol. The Morgan fingerprint density at radius 2 is 2.28 bits per heavy atom. The SMILES string of the molecule is CCC(N)C(c1cnn(C)c1)N(C)CC1CCC1. The largest absolute Gasteiger partial charge is 0.326 e. The van der Waals surface area contributed by atoms with Gasteiger partial charge >= 0.3 is 0 Å². The molecule has 0 bridgehead atoms. The molecule has 0 aliphatic heterocycles. The predicted octanol–water partition coefficient (Wildman–Crippen LogP) is 1.93. The lowest BCUT2D eigenvalue weighted by molar-refractivity contribution is 0.144. The first kappa shape index (κ1) is 13.6. The molecule has 2 N–H and O–H groups in total. The lowest BCUT2D eigenvalue weighted by Gasteiger charge is -2.37. The Bertz CT molecular complexity index is 370. The highest BCUT2D eigenvalue weighted by atomic mass is 15.2. The summed E-state index contributed by atoms with van der Waals surface area (Å²) >= 11 is 0. The number of hydrogen-bond donors (Lipinski definition) is 1. The second-order valence-corrected chi connectivity index (χ2v) is 5.70. The van der Waals surface area contributed by atoms with Crippen molar-refractivity contribution in [3.63, 3.8) is 0 Å². The normalized spacial score (nSPS) is 19.8. The maximum atomic E-state index is 6.32. The molecule has 1 aliphatic rings. The van der Waals surface area contributed by atoms with E-state index in [1.165, 1.54) is 24.8 Å². The first-order chi connectivity index (χ1) is 8.61. The topological polar surface area (TPSA) is 47.1 Å². The molecule has 1 aliphatic carbocycles. The van der Waals surface area contributed by atoms with Crippen molar-refractivity contribution in [2.45, 2.75) is 44.7 Å². The van der Waals surface area contributed by atoms with Gasteiger partial charge in [0.25, 0.3) is 0 Å². The molecule has 1 aromatic heterocycles. The first-order valence-corrected chi connectivity index (χ1v) is 7.06. The molecule has 0 saturated heterocycles. The van der Waals surface area contributed by atoms with Crippen molar-refractivity contribution in [2.24, 2.45) is 18.7 Å². The van der Waals surface area contributed by atoms with Crippen molar-refractivity contribution < 1.29 is 0 Å². The van der Waals surface area contributed by atoms with Gasteiger partial charge in [0.1, 0.15) is 0 Å². The van der Waals surface area contributed by atoms with E-state index < -0.39 is 0 Å². The fraction of sp³-hybridized carbons (Fsp3) is 0.786. The monoisotopic (exact) mass is 250 g/mol. The molecule has 0 amide bonds. The summed E-state index contributed by atoms with van der Waals surface area (Å²) in [6, 6.07) is 0.476. The van der Waals surface area contributed by atoms with E-state index in [0.29, 0.717) is 6.04 Å². The average molecular weight is 250 g/mol. The number of likely N-dealkylation sites (N-methyl/N-ethyl adjacent to an activating group) is 1. The molecule has 102 valence electrons. The maximum Gasteiger partial charge on any atom is 0.0538 e. The van der Waals surface area contributed by atoms with Gasteiger partial charge in [-0.2, -0.15) is 5.10 Å². The Hall–Kier alpha value is -0.870. The van der Waals surface area contributed by atoms with Crippen molar-refractivity contribution in [2.75, 3.05) is 13.6 Å². The van der Waals surface area contributed by atoms with Crippen LogP contribution in [0.15, 0.2) is 12.4 Å². The fourth-order valence-corrected chi connectivity index (χ4v) is 2.84. The van der Waals surface area contributed by atoms with Crippen molar-refractivity contribution >= 4 is 0 Å². The Labute approximate surface area is 110 Å². The zero-order valence-electron chi connectivity index (χ0n) is 11.8. The number of nitrogens with zero attached hydrogens (tertiary/aromatic N) is 3. The molecule has 1 saturated carbocycles. The van der Waals surface area contributed by atoms with Crippen LogP contribution in [0.5, 0.6) is 0 Å². The molecule has 4 heteroatoms. The number of nitrogens with two attached hydrogens (primary N) is 1. The molecular formula is C14H26N4. The highest BCUT2D eigenvalue weighted by Gasteiger charge is 2.28. The van der Waals surface area contributed by atoms with E-state index in [1.807, 2.05) is 17.9 Å². The van der Waals surface area contributed by atoms with Crippen LogP contribution in [0.2, 0.25) is 0 Å². The Balaban J connectivity index is 2.08. The molecule has 1 heterocycles. The minimum absolute atomic E-state index is 0.180. The molecule has 18 heavy (non-hydrogen) atoms. The van der Waals surface area contributed by atoms with Gasteiger partial charge in [-0.05, 0) is 32.2 Å². The lowest BCUT2D eigenvalue weighted by Crippen LogP contribution is -2.41. The van der Waals surface area contributed by atoms with Crippen LogP contribution in [0.4, 0.5) is 0 Å². The molecule has 2 rings (SSSR count). The van der Waals surface area contributed by atoms with Gasteiger partial charge in [-0.25, -0.2) is 0 Å². The lowest BCUT2D eigenvalue weighted by atomic mass is 9.84. The minimum atomic E-state index is 0.180. The Morgan fingerprint density at radius 1 is 1.56 bits per heavy atom. The van der Waals surface area contributed by atoms with Gasteiger partial charge in [-0.15, -0.1) is 0 Å². The highest BCUT2D eigenvalue weighted by Crippen LogP contribution is 2.31. The summed E-state index contributed by atoms with van der Waals surface area (Å²) < 4.78 is 1.86. The van der Waals surface area contributed by atoms with Gasteiger partial charge in [-0.3, -0.25) is 9.58 Å². The fourth-order valence-electron chi connectivity index (χ4n) is 2.84. The van der Waals surface area contributed by atoms with Gasteiger partial charge in [0.05, 0.1) is 12.2 Å². The van der Waals surface area contributed by atoms with Crippen molar-refractivity contribution in [3.05, 3.63) is 18.0 Å². The van der Waals surface area contributed by atoms with E-state index >= 15 is 0 Å². The molecule has 0 aromatic carbocycles. The van der Waals surface area contributed by atoms with Gasteiger partial charge in [0.15, 0.2) is 0 Å². The number of aromatic nitrogens is 2. The molecule has 2 atom stereocenters. The van der Waals surface area contributed by atoms with Crippen LogP contribution in [-0.4, -0.2) is 34.3 Å². The second-order valence-electron chi connectivity index (χ2n) is 5.70. The van der Waals surface area contributed by atoms with Crippen LogP contribution in [0.1, 0.15) is 44.2 Å². The van der Waals surface area contributed by atoms with Crippen molar-refractivity contribution in [3.8, 4) is 0 Å². The van der Waals surface area contributed by atoms with Crippen LogP contribution in [-0.2, 0) is 7.05 Å². The summed E-state index contributed by atoms with van der Waals surface area (Å²) in [4.78, 5) is 2.43. The third-order valence-corrected chi connectivity index (χ3v) is 4.19. The Morgan fingerprint density at radius 3 is 2.72 bits per heavy atom. The third kappa shape index (κ3) is 2.93. The molecular weight excluding hydrogens is 224 g/mol. The summed E-state index contributed by atoms with van der Waals surface area (Å²) in [5.74, 6) is 0.873. The summed E-state index contributed by atoms with van der Waals surface area (Å²) in [6.07, 6.45) is 9.20. The zero-order chi connectivity index (χ0) is 13.1. The number of rotatable bonds is 6. The molecule has 1 fully saturated rings. The van der Waals surface area contributed by atoms with E-state index in [1.54, 1.807) is 0 Å². The maximum absolute atomic E-state index is 6.32. The van der Waals surface area contributed by atoms with E-state index in [4.69, 9.17) is 5.73 Å². The summed E-state index contributed by atoms with van der Waals surface area (Å²) in [5, 5.41) is 4.28. The van der Waals surface area contributed by atoms with E-state index in [2.05, 4.69) is 30.2 Å². The average Bonchev–Trinajstić information content (AvgIpc) is 2.70. The van der Waals surface area contributed by atoms with Crippen LogP contribution < -0.4 is 5.73 Å². The summed E-state index contributed by atoms with van der Waals surface area (Å²) in [7, 11) is 4.16. The van der Waals surface area contributed by atoms with Gasteiger partial charge in [0.2, 0.25) is 0 Å². The van der Waals surface area contributed by atoms with Gasteiger partial charge in [0, 0.05) is 31.4 Å².